The first-order valence-corrected chi connectivity index (χ1v) is 10.3. The van der Waals surface area contributed by atoms with E-state index in [-0.39, 0.29) is 0 Å². The van der Waals surface area contributed by atoms with Crippen molar-refractivity contribution < 1.29 is 8.83 Å². The number of para-hydroxylation sites is 1. The van der Waals surface area contributed by atoms with Gasteiger partial charge in [0.05, 0.1) is 5.39 Å². The fourth-order valence-corrected chi connectivity index (χ4v) is 4.36. The Morgan fingerprint density at radius 1 is 0.700 bits per heavy atom. The summed E-state index contributed by atoms with van der Waals surface area (Å²) >= 11 is 0. The minimum absolute atomic E-state index is 0.881. The van der Waals surface area contributed by atoms with Gasteiger partial charge in [-0.3, -0.25) is 0 Å². The first-order chi connectivity index (χ1) is 14.8. The molecule has 144 valence electrons. The lowest BCUT2D eigenvalue weighted by molar-refractivity contribution is 0.603. The van der Waals surface area contributed by atoms with Crippen LogP contribution >= 0.6 is 0 Å². The van der Waals surface area contributed by atoms with Gasteiger partial charge in [-0.2, -0.15) is 0 Å². The molecular formula is C28H20O2. The minimum atomic E-state index is 0.881. The first kappa shape index (κ1) is 17.1. The summed E-state index contributed by atoms with van der Waals surface area (Å²) < 4.78 is 12.7. The van der Waals surface area contributed by atoms with Crippen LogP contribution in [0.5, 0.6) is 0 Å². The molecule has 2 nitrogen and oxygen atoms in total. The quantitative estimate of drug-likeness (QED) is 0.306. The van der Waals surface area contributed by atoms with Crippen LogP contribution in [0, 0.1) is 6.92 Å². The van der Waals surface area contributed by atoms with E-state index in [1.54, 1.807) is 0 Å². The number of rotatable bonds is 3. The zero-order valence-electron chi connectivity index (χ0n) is 16.7. The molecule has 0 aliphatic carbocycles. The van der Waals surface area contributed by atoms with Gasteiger partial charge in [-0.1, -0.05) is 72.8 Å². The summed E-state index contributed by atoms with van der Waals surface area (Å²) in [5.41, 5.74) is 5.14. The molecule has 2 heterocycles. The number of hydrogen-bond acceptors (Lipinski definition) is 2. The van der Waals surface area contributed by atoms with Gasteiger partial charge in [0.25, 0.3) is 0 Å². The third-order valence-corrected chi connectivity index (χ3v) is 5.93. The van der Waals surface area contributed by atoms with E-state index >= 15 is 0 Å². The number of hydrogen-bond donors (Lipinski definition) is 0. The van der Waals surface area contributed by atoms with Gasteiger partial charge in [-0.05, 0) is 42.5 Å². The third kappa shape index (κ3) is 2.57. The molecule has 0 fully saturated rings. The van der Waals surface area contributed by atoms with Gasteiger partial charge in [-0.25, -0.2) is 0 Å². The molecule has 0 aliphatic rings. The second-order valence-corrected chi connectivity index (χ2v) is 7.76. The molecule has 4 aromatic carbocycles. The van der Waals surface area contributed by atoms with E-state index in [1.807, 2.05) is 18.2 Å². The number of aryl methyl sites for hydroxylation is 1. The van der Waals surface area contributed by atoms with Crippen LogP contribution in [0.15, 0.2) is 93.8 Å². The predicted octanol–water partition coefficient (Wildman–Crippen LogP) is 8.05. The van der Waals surface area contributed by atoms with E-state index in [1.165, 1.54) is 5.56 Å². The van der Waals surface area contributed by atoms with Crippen LogP contribution in [-0.2, 0) is 6.42 Å². The molecule has 0 atom stereocenters. The maximum absolute atomic E-state index is 6.41. The van der Waals surface area contributed by atoms with Crippen molar-refractivity contribution in [3.63, 3.8) is 0 Å². The van der Waals surface area contributed by atoms with Gasteiger partial charge in [-0.15, -0.1) is 0 Å². The lowest BCUT2D eigenvalue weighted by atomic mass is 10.0. The Labute approximate surface area is 174 Å². The highest BCUT2D eigenvalue weighted by Gasteiger charge is 2.17. The fourth-order valence-electron chi connectivity index (χ4n) is 4.36. The van der Waals surface area contributed by atoms with Crippen molar-refractivity contribution in [3.05, 3.63) is 102 Å². The molecule has 30 heavy (non-hydrogen) atoms. The molecule has 0 unspecified atom stereocenters. The van der Waals surface area contributed by atoms with Gasteiger partial charge in [0, 0.05) is 21.7 Å². The normalized spacial score (nSPS) is 12.2. The molecule has 2 aromatic heterocycles. The van der Waals surface area contributed by atoms with Crippen LogP contribution in [-0.4, -0.2) is 0 Å². The predicted molar refractivity (Wildman–Crippen MR) is 125 cm³/mol. The average molecular weight is 388 g/mol. The first-order valence-electron chi connectivity index (χ1n) is 10.3. The van der Waals surface area contributed by atoms with E-state index in [0.717, 1.165) is 61.4 Å². The number of furan rings is 2. The Balaban J connectivity index is 1.55. The average Bonchev–Trinajstić information content (AvgIpc) is 3.32. The van der Waals surface area contributed by atoms with Crippen molar-refractivity contribution in [2.45, 2.75) is 13.3 Å². The van der Waals surface area contributed by atoms with Gasteiger partial charge in [0.15, 0.2) is 0 Å². The Morgan fingerprint density at radius 2 is 1.43 bits per heavy atom. The zero-order valence-corrected chi connectivity index (χ0v) is 16.7. The summed E-state index contributed by atoms with van der Waals surface area (Å²) in [6.45, 7) is 2.12. The Bertz CT molecular complexity index is 1560. The fraction of sp³-hybridized carbons (Fsp3) is 0.0714. The molecule has 0 aliphatic heterocycles. The third-order valence-electron chi connectivity index (χ3n) is 5.93. The van der Waals surface area contributed by atoms with Crippen LogP contribution in [0.1, 0.15) is 16.9 Å². The van der Waals surface area contributed by atoms with E-state index in [2.05, 4.69) is 79.7 Å². The van der Waals surface area contributed by atoms with Crippen LogP contribution in [0.3, 0.4) is 0 Å². The summed E-state index contributed by atoms with van der Waals surface area (Å²) in [4.78, 5) is 0. The van der Waals surface area contributed by atoms with Gasteiger partial charge >= 0.3 is 0 Å². The molecule has 0 spiro atoms. The number of fused-ring (bicyclic) bond motifs is 7. The van der Waals surface area contributed by atoms with Crippen LogP contribution < -0.4 is 0 Å². The molecule has 0 saturated heterocycles. The van der Waals surface area contributed by atoms with Crippen LogP contribution in [0.2, 0.25) is 0 Å². The highest BCUT2D eigenvalue weighted by molar-refractivity contribution is 6.22. The van der Waals surface area contributed by atoms with E-state index in [4.69, 9.17) is 8.83 Å². The highest BCUT2D eigenvalue weighted by atomic mass is 16.3. The van der Waals surface area contributed by atoms with Crippen molar-refractivity contribution >= 4 is 49.8 Å². The smallest absolute Gasteiger partial charge is 0.147 e. The summed E-state index contributed by atoms with van der Waals surface area (Å²) in [7, 11) is 0. The largest absolute Gasteiger partial charge is 0.456 e. The Kier molecular flexibility index (Phi) is 3.78. The Morgan fingerprint density at radius 3 is 2.30 bits per heavy atom. The topological polar surface area (TPSA) is 26.3 Å². The van der Waals surface area contributed by atoms with E-state index < -0.39 is 0 Å². The van der Waals surface area contributed by atoms with Crippen LogP contribution in [0.25, 0.3) is 49.8 Å². The zero-order chi connectivity index (χ0) is 20.1. The van der Waals surface area contributed by atoms with Crippen molar-refractivity contribution in [3.8, 4) is 0 Å². The van der Waals surface area contributed by atoms with Crippen molar-refractivity contribution in [2.75, 3.05) is 0 Å². The molecule has 0 saturated carbocycles. The van der Waals surface area contributed by atoms with Crippen LogP contribution in [0.4, 0.5) is 0 Å². The molecule has 0 radical (unpaired) electrons. The molecule has 6 aromatic rings. The maximum atomic E-state index is 6.41. The standard InChI is InChI=1S/C28H20O2/c1-18-21-16-14-20-15-17-23-22-11-5-6-12-25(22)30-28(23)26(20)27(21)29-24(18)13-7-10-19-8-3-2-4-9-19/h2-9,11-17H,10H2,1H3/b13-7-. The Hall–Kier alpha value is -3.78. The summed E-state index contributed by atoms with van der Waals surface area (Å²) in [5, 5.41) is 5.57. The van der Waals surface area contributed by atoms with E-state index in [0.29, 0.717) is 0 Å². The molecule has 0 bridgehead atoms. The van der Waals surface area contributed by atoms with Crippen molar-refractivity contribution in [2.24, 2.45) is 0 Å². The summed E-state index contributed by atoms with van der Waals surface area (Å²) in [6.07, 6.45) is 5.14. The molecule has 0 amide bonds. The van der Waals surface area contributed by atoms with E-state index in [9.17, 15) is 0 Å². The molecular weight excluding hydrogens is 368 g/mol. The van der Waals surface area contributed by atoms with Gasteiger partial charge < -0.3 is 8.83 Å². The number of allylic oxidation sites excluding steroid dienone is 1. The maximum Gasteiger partial charge on any atom is 0.147 e. The number of benzene rings is 4. The van der Waals surface area contributed by atoms with Gasteiger partial charge in [0.2, 0.25) is 0 Å². The molecule has 2 heteroatoms. The lowest BCUT2D eigenvalue weighted by Crippen LogP contribution is -1.79. The summed E-state index contributed by atoms with van der Waals surface area (Å²) in [6, 6.07) is 27.3. The van der Waals surface area contributed by atoms with Crippen molar-refractivity contribution in [1.82, 2.24) is 0 Å². The minimum Gasteiger partial charge on any atom is -0.456 e. The second kappa shape index (κ2) is 6.64. The monoisotopic (exact) mass is 388 g/mol. The molecule has 0 N–H and O–H groups in total. The lowest BCUT2D eigenvalue weighted by Gasteiger charge is -2.00. The van der Waals surface area contributed by atoms with Crippen molar-refractivity contribution in [1.29, 1.82) is 0 Å². The second-order valence-electron chi connectivity index (χ2n) is 7.76. The highest BCUT2D eigenvalue weighted by Crippen LogP contribution is 2.39. The summed E-state index contributed by atoms with van der Waals surface area (Å²) in [5.74, 6) is 0.904. The SMILES string of the molecule is Cc1c(/C=C\Cc2ccccc2)oc2c1ccc1ccc3c4ccccc4oc3c12. The van der Waals surface area contributed by atoms with Gasteiger partial charge in [0.1, 0.15) is 22.5 Å². The molecule has 6 rings (SSSR count).